The van der Waals surface area contributed by atoms with Crippen molar-refractivity contribution < 1.29 is 22.1 Å². The molecule has 0 saturated heterocycles. The first kappa shape index (κ1) is 21.2. The third kappa shape index (κ3) is 5.95. The van der Waals surface area contributed by atoms with E-state index in [0.717, 1.165) is 0 Å². The fraction of sp³-hybridized carbons (Fsp3) is 0.316. The van der Waals surface area contributed by atoms with Gasteiger partial charge in [-0.1, -0.05) is 41.9 Å². The highest BCUT2D eigenvalue weighted by atomic mass is 35.5. The molecule has 1 amide bonds. The SMILES string of the molecule is CCS(=O)(=O)Oc1ccccc1CN(CCOC)C(=O)c1ccccc1Cl. The summed E-state index contributed by atoms with van der Waals surface area (Å²) in [5, 5.41) is 0.350. The Morgan fingerprint density at radius 1 is 1.11 bits per heavy atom. The molecule has 2 aromatic rings. The second kappa shape index (κ2) is 9.73. The Labute approximate surface area is 164 Å². The summed E-state index contributed by atoms with van der Waals surface area (Å²) >= 11 is 6.15. The zero-order valence-electron chi connectivity index (χ0n) is 15.2. The minimum Gasteiger partial charge on any atom is -0.383 e. The third-order valence-corrected chi connectivity index (χ3v) is 5.33. The quantitative estimate of drug-likeness (QED) is 0.591. The van der Waals surface area contributed by atoms with Gasteiger partial charge in [-0.25, -0.2) is 0 Å². The molecule has 146 valence electrons. The molecule has 0 radical (unpaired) electrons. The average molecular weight is 412 g/mol. The van der Waals surface area contributed by atoms with Gasteiger partial charge in [-0.15, -0.1) is 0 Å². The van der Waals surface area contributed by atoms with Gasteiger partial charge in [-0.2, -0.15) is 8.42 Å². The standard InChI is InChI=1S/C19H22ClNO5S/c1-3-27(23,24)26-18-11-7-4-8-15(18)14-21(12-13-25-2)19(22)16-9-5-6-10-17(16)20/h4-11H,3,12-14H2,1-2H3. The predicted molar refractivity (Wildman–Crippen MR) is 105 cm³/mol. The molecule has 0 fully saturated rings. The molecule has 0 unspecified atom stereocenters. The summed E-state index contributed by atoms with van der Waals surface area (Å²) in [6, 6.07) is 13.5. The van der Waals surface area contributed by atoms with E-state index in [1.54, 1.807) is 60.5 Å². The van der Waals surface area contributed by atoms with E-state index in [-0.39, 0.29) is 24.0 Å². The van der Waals surface area contributed by atoms with Crippen LogP contribution in [0.25, 0.3) is 0 Å². The van der Waals surface area contributed by atoms with Crippen LogP contribution >= 0.6 is 11.6 Å². The number of carbonyl (C=O) groups excluding carboxylic acids is 1. The number of para-hydroxylation sites is 1. The van der Waals surface area contributed by atoms with Gasteiger partial charge in [0.15, 0.2) is 0 Å². The summed E-state index contributed by atoms with van der Waals surface area (Å²) < 4.78 is 34.0. The predicted octanol–water partition coefficient (Wildman–Crippen LogP) is 3.36. The van der Waals surface area contributed by atoms with Crippen LogP contribution in [0.3, 0.4) is 0 Å². The van der Waals surface area contributed by atoms with Crippen molar-refractivity contribution in [2.75, 3.05) is 26.0 Å². The van der Waals surface area contributed by atoms with Crippen LogP contribution in [0.2, 0.25) is 5.02 Å². The zero-order valence-corrected chi connectivity index (χ0v) is 16.8. The summed E-state index contributed by atoms with van der Waals surface area (Å²) in [6.45, 7) is 2.30. The first-order valence-corrected chi connectivity index (χ1v) is 10.4. The molecule has 0 saturated carbocycles. The number of ether oxygens (including phenoxy) is 1. The summed E-state index contributed by atoms with van der Waals surface area (Å²) in [6.07, 6.45) is 0. The van der Waals surface area contributed by atoms with Gasteiger partial charge in [-0.3, -0.25) is 4.79 Å². The number of hydrogen-bond acceptors (Lipinski definition) is 5. The van der Waals surface area contributed by atoms with Gasteiger partial charge in [0.25, 0.3) is 5.91 Å². The van der Waals surface area contributed by atoms with Crippen molar-refractivity contribution in [2.24, 2.45) is 0 Å². The molecular formula is C19H22ClNO5S. The third-order valence-electron chi connectivity index (χ3n) is 3.86. The summed E-state index contributed by atoms with van der Waals surface area (Å²) in [5.74, 6) is -0.215. The van der Waals surface area contributed by atoms with Gasteiger partial charge >= 0.3 is 10.1 Å². The highest BCUT2D eigenvalue weighted by Crippen LogP contribution is 2.24. The van der Waals surface area contributed by atoms with Crippen molar-refractivity contribution in [1.29, 1.82) is 0 Å². The van der Waals surface area contributed by atoms with Crippen molar-refractivity contribution in [1.82, 2.24) is 4.90 Å². The zero-order chi connectivity index (χ0) is 19.9. The largest absolute Gasteiger partial charge is 0.383 e. The topological polar surface area (TPSA) is 72.9 Å². The van der Waals surface area contributed by atoms with Crippen LogP contribution in [-0.4, -0.2) is 45.2 Å². The fourth-order valence-electron chi connectivity index (χ4n) is 2.38. The van der Waals surface area contributed by atoms with Crippen LogP contribution in [0.4, 0.5) is 0 Å². The molecule has 0 bridgehead atoms. The van der Waals surface area contributed by atoms with Gasteiger partial charge in [0, 0.05) is 25.8 Å². The van der Waals surface area contributed by atoms with E-state index in [0.29, 0.717) is 29.3 Å². The molecule has 0 aliphatic heterocycles. The smallest absolute Gasteiger partial charge is 0.308 e. The minimum absolute atomic E-state index is 0.146. The number of nitrogens with zero attached hydrogens (tertiary/aromatic N) is 1. The maximum absolute atomic E-state index is 13.0. The summed E-state index contributed by atoms with van der Waals surface area (Å²) in [5.41, 5.74) is 0.945. The lowest BCUT2D eigenvalue weighted by atomic mass is 10.1. The van der Waals surface area contributed by atoms with Gasteiger partial charge < -0.3 is 13.8 Å². The first-order valence-electron chi connectivity index (χ1n) is 8.40. The van der Waals surface area contributed by atoms with Crippen LogP contribution in [0.15, 0.2) is 48.5 Å². The highest BCUT2D eigenvalue weighted by Gasteiger charge is 2.21. The number of rotatable bonds is 9. The van der Waals surface area contributed by atoms with Crippen molar-refractivity contribution in [3.8, 4) is 5.75 Å². The molecule has 0 spiro atoms. The molecule has 0 aliphatic carbocycles. The van der Waals surface area contributed by atoms with Crippen molar-refractivity contribution in [2.45, 2.75) is 13.5 Å². The molecular weight excluding hydrogens is 390 g/mol. The van der Waals surface area contributed by atoms with E-state index in [9.17, 15) is 13.2 Å². The van der Waals surface area contributed by atoms with Crippen LogP contribution in [0.1, 0.15) is 22.8 Å². The van der Waals surface area contributed by atoms with Gasteiger partial charge in [0.2, 0.25) is 0 Å². The summed E-state index contributed by atoms with van der Waals surface area (Å²) in [7, 11) is -2.13. The molecule has 6 nitrogen and oxygen atoms in total. The monoisotopic (exact) mass is 411 g/mol. The Kier molecular flexibility index (Phi) is 7.65. The van der Waals surface area contributed by atoms with E-state index in [1.807, 2.05) is 0 Å². The van der Waals surface area contributed by atoms with Crippen molar-refractivity contribution in [3.63, 3.8) is 0 Å². The molecule has 27 heavy (non-hydrogen) atoms. The van der Waals surface area contributed by atoms with Crippen LogP contribution in [-0.2, 0) is 21.4 Å². The van der Waals surface area contributed by atoms with E-state index in [1.165, 1.54) is 6.92 Å². The Balaban J connectivity index is 2.32. The Morgan fingerprint density at radius 3 is 2.44 bits per heavy atom. The van der Waals surface area contributed by atoms with E-state index < -0.39 is 10.1 Å². The van der Waals surface area contributed by atoms with Gasteiger partial charge in [0.1, 0.15) is 5.75 Å². The Morgan fingerprint density at radius 2 is 1.78 bits per heavy atom. The Hall–Kier alpha value is -2.09. The molecule has 2 aromatic carbocycles. The van der Waals surface area contributed by atoms with E-state index in [2.05, 4.69) is 0 Å². The number of hydrogen-bond donors (Lipinski definition) is 0. The van der Waals surface area contributed by atoms with Crippen molar-refractivity contribution >= 4 is 27.6 Å². The number of halogens is 1. The molecule has 2 rings (SSSR count). The van der Waals surface area contributed by atoms with E-state index in [4.69, 9.17) is 20.5 Å². The lowest BCUT2D eigenvalue weighted by molar-refractivity contribution is 0.0680. The van der Waals surface area contributed by atoms with Crippen LogP contribution < -0.4 is 4.18 Å². The molecule has 0 atom stereocenters. The van der Waals surface area contributed by atoms with Gasteiger partial charge in [-0.05, 0) is 25.1 Å². The first-order chi connectivity index (χ1) is 12.9. The maximum Gasteiger partial charge on any atom is 0.308 e. The molecule has 8 heteroatoms. The van der Waals surface area contributed by atoms with Gasteiger partial charge in [0.05, 0.1) is 22.9 Å². The second-order valence-electron chi connectivity index (χ2n) is 5.74. The Bertz CT molecular complexity index is 885. The van der Waals surface area contributed by atoms with Crippen LogP contribution in [0.5, 0.6) is 5.75 Å². The highest BCUT2D eigenvalue weighted by molar-refractivity contribution is 7.87. The minimum atomic E-state index is -3.68. The molecule has 0 N–H and O–H groups in total. The lowest BCUT2D eigenvalue weighted by Gasteiger charge is -2.24. The van der Waals surface area contributed by atoms with Crippen LogP contribution in [0, 0.1) is 0 Å². The summed E-state index contributed by atoms with van der Waals surface area (Å²) in [4.78, 5) is 14.5. The maximum atomic E-state index is 13.0. The number of methoxy groups -OCH3 is 1. The normalized spacial score (nSPS) is 11.2. The van der Waals surface area contributed by atoms with Crippen molar-refractivity contribution in [3.05, 3.63) is 64.7 Å². The van der Waals surface area contributed by atoms with E-state index >= 15 is 0 Å². The second-order valence-corrected chi connectivity index (χ2v) is 8.00. The lowest BCUT2D eigenvalue weighted by Crippen LogP contribution is -2.34. The number of benzene rings is 2. The average Bonchev–Trinajstić information content (AvgIpc) is 2.66. The number of carbonyl (C=O) groups is 1. The molecule has 0 aliphatic rings. The molecule has 0 aromatic heterocycles. The number of amides is 1. The molecule has 0 heterocycles. The fourth-order valence-corrected chi connectivity index (χ4v) is 3.15.